The lowest BCUT2D eigenvalue weighted by atomic mass is 9.94. The van der Waals surface area contributed by atoms with Crippen molar-refractivity contribution in [1.82, 2.24) is 20.4 Å². The van der Waals surface area contributed by atoms with Crippen LogP contribution in [-0.2, 0) is 4.74 Å². The van der Waals surface area contributed by atoms with Gasteiger partial charge in [0.1, 0.15) is 5.82 Å². The Morgan fingerprint density at radius 2 is 1.88 bits per heavy atom. The Hall–Kier alpha value is -3.10. The number of nitrogens with zero attached hydrogens (tertiary/aromatic N) is 3. The van der Waals surface area contributed by atoms with Gasteiger partial charge in [-0.1, -0.05) is 35.0 Å². The van der Waals surface area contributed by atoms with Crippen molar-refractivity contribution in [2.24, 2.45) is 0 Å². The fourth-order valence-electron chi connectivity index (χ4n) is 4.33. The molecule has 3 aromatic rings. The normalized spacial score (nSPS) is 20.9. The quantitative estimate of drug-likeness (QED) is 0.532. The molecule has 2 aliphatic rings. The lowest BCUT2D eigenvalue weighted by Gasteiger charge is -2.38. The molecule has 1 N–H and O–H groups in total. The summed E-state index contributed by atoms with van der Waals surface area (Å²) in [6.45, 7) is 5.53. The number of rotatable bonds is 5. The molecule has 8 heteroatoms. The van der Waals surface area contributed by atoms with Crippen molar-refractivity contribution in [3.8, 4) is 11.4 Å². The second-order valence-electron chi connectivity index (χ2n) is 8.47. The predicted octanol–water partition coefficient (Wildman–Crippen LogP) is 5.03. The maximum Gasteiger partial charge on any atom is 0.258 e. The Morgan fingerprint density at radius 1 is 1.12 bits per heavy atom. The number of halogens is 1. The van der Waals surface area contributed by atoms with Gasteiger partial charge in [-0.05, 0) is 68.7 Å². The molecule has 3 heterocycles. The highest BCUT2D eigenvalue weighted by atomic mass is 32.1. The molecule has 33 heavy (non-hydrogen) atoms. The summed E-state index contributed by atoms with van der Waals surface area (Å²) >= 11 is 5.76. The number of nitrogens with one attached hydrogen (secondary N) is 1. The summed E-state index contributed by atoms with van der Waals surface area (Å²) in [5, 5.41) is 8.30. The van der Waals surface area contributed by atoms with Crippen LogP contribution in [0.5, 0.6) is 0 Å². The average molecular weight is 465 g/mol. The summed E-state index contributed by atoms with van der Waals surface area (Å²) in [4.78, 5) is 6.73. The van der Waals surface area contributed by atoms with Gasteiger partial charge in [0.25, 0.3) is 5.89 Å². The molecule has 0 spiro atoms. The Balaban J connectivity index is 1.56. The van der Waals surface area contributed by atoms with Crippen LogP contribution in [0.4, 0.5) is 4.39 Å². The van der Waals surface area contributed by atoms with Crippen LogP contribution < -0.4 is 5.32 Å². The van der Waals surface area contributed by atoms with Crippen LogP contribution in [0.3, 0.4) is 0 Å². The van der Waals surface area contributed by atoms with Crippen LogP contribution in [-0.4, -0.2) is 39.4 Å². The van der Waals surface area contributed by atoms with Gasteiger partial charge in [0.05, 0.1) is 24.3 Å². The number of aromatic nitrogens is 2. The van der Waals surface area contributed by atoms with Gasteiger partial charge in [0.15, 0.2) is 5.11 Å². The van der Waals surface area contributed by atoms with Crippen LogP contribution in [0.15, 0.2) is 58.8 Å². The maximum atomic E-state index is 13.4. The van der Waals surface area contributed by atoms with E-state index in [4.69, 9.17) is 21.5 Å². The second-order valence-corrected chi connectivity index (χ2v) is 8.85. The zero-order valence-corrected chi connectivity index (χ0v) is 19.4. The van der Waals surface area contributed by atoms with Gasteiger partial charge in [-0.2, -0.15) is 4.98 Å². The molecular formula is C25H25FN4O2S. The van der Waals surface area contributed by atoms with E-state index in [2.05, 4.69) is 51.5 Å². The molecule has 1 fully saturated rings. The monoisotopic (exact) mass is 464 g/mol. The topological polar surface area (TPSA) is 63.4 Å². The largest absolute Gasteiger partial charge is 0.376 e. The van der Waals surface area contributed by atoms with Gasteiger partial charge in [-0.3, -0.25) is 0 Å². The van der Waals surface area contributed by atoms with E-state index in [-0.39, 0.29) is 18.0 Å². The zero-order chi connectivity index (χ0) is 22.9. The third kappa shape index (κ3) is 4.41. The van der Waals surface area contributed by atoms with Gasteiger partial charge in [0.2, 0.25) is 5.82 Å². The lowest BCUT2D eigenvalue weighted by molar-refractivity contribution is 0.0962. The van der Waals surface area contributed by atoms with Gasteiger partial charge in [0, 0.05) is 17.9 Å². The number of benzene rings is 2. The third-order valence-corrected chi connectivity index (χ3v) is 6.51. The molecule has 2 aliphatic heterocycles. The van der Waals surface area contributed by atoms with Crippen LogP contribution >= 0.6 is 12.2 Å². The lowest BCUT2D eigenvalue weighted by Crippen LogP contribution is -2.48. The second kappa shape index (κ2) is 9.03. The van der Waals surface area contributed by atoms with Crippen molar-refractivity contribution < 1.29 is 13.7 Å². The van der Waals surface area contributed by atoms with E-state index >= 15 is 0 Å². The average Bonchev–Trinajstić information content (AvgIpc) is 3.50. The first kappa shape index (κ1) is 21.7. The van der Waals surface area contributed by atoms with Gasteiger partial charge in [-0.15, -0.1) is 0 Å². The van der Waals surface area contributed by atoms with Crippen LogP contribution in [0.25, 0.3) is 17.0 Å². The SMILES string of the molecule is CC1=C(c2nc(-c3ccc(F)cc3)no2)C(c2ccc(C)cc2)NC(=S)N1CC1CCCO1. The molecule has 0 aliphatic carbocycles. The van der Waals surface area contributed by atoms with Gasteiger partial charge < -0.3 is 19.5 Å². The highest BCUT2D eigenvalue weighted by molar-refractivity contribution is 7.80. The highest BCUT2D eigenvalue weighted by Gasteiger charge is 2.35. The van der Waals surface area contributed by atoms with E-state index in [0.29, 0.717) is 28.9 Å². The molecule has 2 aromatic carbocycles. The molecule has 0 radical (unpaired) electrons. The third-order valence-electron chi connectivity index (χ3n) is 6.18. The van der Waals surface area contributed by atoms with Crippen molar-refractivity contribution in [2.75, 3.05) is 13.2 Å². The fourth-order valence-corrected chi connectivity index (χ4v) is 4.66. The standard InChI is InChI=1S/C25H25FN4O2S/c1-15-5-7-17(8-6-15)22-21(16(2)30(25(33)27-22)14-20-4-3-13-31-20)24-28-23(29-32-24)18-9-11-19(26)12-10-18/h5-12,20,22H,3-4,13-14H2,1-2H3,(H,27,33). The Morgan fingerprint density at radius 3 is 2.58 bits per heavy atom. The van der Waals surface area contributed by atoms with E-state index in [1.54, 1.807) is 12.1 Å². The van der Waals surface area contributed by atoms with E-state index in [1.165, 1.54) is 17.7 Å². The smallest absolute Gasteiger partial charge is 0.258 e. The molecule has 170 valence electrons. The van der Waals surface area contributed by atoms with Crippen molar-refractivity contribution >= 4 is 22.9 Å². The first-order valence-corrected chi connectivity index (χ1v) is 11.5. The first-order valence-electron chi connectivity index (χ1n) is 11.1. The minimum Gasteiger partial charge on any atom is -0.376 e. The number of thiocarbonyl (C=S) groups is 1. The van der Waals surface area contributed by atoms with Crippen molar-refractivity contribution in [1.29, 1.82) is 0 Å². The summed E-state index contributed by atoms with van der Waals surface area (Å²) in [6, 6.07) is 14.1. The number of allylic oxidation sites excluding steroid dienone is 1. The molecule has 6 nitrogen and oxygen atoms in total. The Labute approximate surface area is 197 Å². The van der Waals surface area contributed by atoms with Crippen molar-refractivity contribution in [2.45, 2.75) is 38.8 Å². The molecule has 2 atom stereocenters. The predicted molar refractivity (Wildman–Crippen MR) is 128 cm³/mol. The maximum absolute atomic E-state index is 13.4. The molecule has 0 bridgehead atoms. The summed E-state index contributed by atoms with van der Waals surface area (Å²) < 4.78 is 24.9. The molecule has 0 amide bonds. The first-order chi connectivity index (χ1) is 16.0. The number of aryl methyl sites for hydroxylation is 1. The molecule has 5 rings (SSSR count). The van der Waals surface area contributed by atoms with Crippen molar-refractivity contribution in [3.05, 3.63) is 77.1 Å². The fraction of sp³-hybridized carbons (Fsp3) is 0.320. The van der Waals surface area contributed by atoms with Crippen LogP contribution in [0, 0.1) is 12.7 Å². The van der Waals surface area contributed by atoms with E-state index in [0.717, 1.165) is 36.3 Å². The highest BCUT2D eigenvalue weighted by Crippen LogP contribution is 2.38. The Kier molecular flexibility index (Phi) is 5.95. The number of hydrogen-bond acceptors (Lipinski definition) is 5. The minimum atomic E-state index is -0.310. The van der Waals surface area contributed by atoms with Crippen LogP contribution in [0.1, 0.15) is 42.8 Å². The van der Waals surface area contributed by atoms with Gasteiger partial charge in [-0.25, -0.2) is 4.39 Å². The molecular weight excluding hydrogens is 439 g/mol. The molecule has 2 unspecified atom stereocenters. The number of ether oxygens (including phenoxy) is 1. The molecule has 1 aromatic heterocycles. The van der Waals surface area contributed by atoms with Gasteiger partial charge >= 0.3 is 0 Å². The van der Waals surface area contributed by atoms with E-state index in [1.807, 2.05) is 6.92 Å². The molecule has 0 saturated carbocycles. The van der Waals surface area contributed by atoms with E-state index in [9.17, 15) is 4.39 Å². The Bertz CT molecular complexity index is 1180. The molecule has 1 saturated heterocycles. The van der Waals surface area contributed by atoms with Crippen molar-refractivity contribution in [3.63, 3.8) is 0 Å². The number of hydrogen-bond donors (Lipinski definition) is 1. The summed E-state index contributed by atoms with van der Waals surface area (Å²) in [5.41, 5.74) is 4.74. The zero-order valence-electron chi connectivity index (χ0n) is 18.5. The minimum absolute atomic E-state index is 0.134. The summed E-state index contributed by atoms with van der Waals surface area (Å²) in [5.74, 6) is 0.506. The van der Waals surface area contributed by atoms with Crippen LogP contribution in [0.2, 0.25) is 0 Å². The summed E-state index contributed by atoms with van der Waals surface area (Å²) in [6.07, 6.45) is 2.21. The summed E-state index contributed by atoms with van der Waals surface area (Å²) in [7, 11) is 0. The van der Waals surface area contributed by atoms with E-state index < -0.39 is 0 Å².